The van der Waals surface area contributed by atoms with E-state index in [1.807, 2.05) is 30.3 Å². The van der Waals surface area contributed by atoms with Crippen molar-refractivity contribution in [2.75, 3.05) is 20.2 Å². The van der Waals surface area contributed by atoms with Gasteiger partial charge in [-0.15, -0.1) is 0 Å². The Morgan fingerprint density at radius 2 is 1.95 bits per heavy atom. The first-order chi connectivity index (χ1) is 9.43. The molecule has 20 heavy (non-hydrogen) atoms. The highest BCUT2D eigenvalue weighted by Gasteiger charge is 2.34. The van der Waals surface area contributed by atoms with Crippen LogP contribution in [0, 0.1) is 0 Å². The summed E-state index contributed by atoms with van der Waals surface area (Å²) in [4.78, 5) is 11.5. The lowest BCUT2D eigenvalue weighted by molar-refractivity contribution is -0.139. The van der Waals surface area contributed by atoms with Gasteiger partial charge in [-0.3, -0.25) is 4.79 Å². The molecule has 1 rings (SSSR count). The monoisotopic (exact) mass is 300 g/mol. The van der Waals surface area contributed by atoms with E-state index in [4.69, 9.17) is 5.73 Å². The van der Waals surface area contributed by atoms with E-state index < -0.39 is 21.2 Å². The zero-order valence-electron chi connectivity index (χ0n) is 11.7. The second-order valence-electron chi connectivity index (χ2n) is 4.32. The molecule has 1 unspecified atom stereocenters. The minimum Gasteiger partial charge on any atom is -0.468 e. The van der Waals surface area contributed by atoms with Gasteiger partial charge in [0.1, 0.15) is 0 Å². The lowest BCUT2D eigenvalue weighted by Gasteiger charge is -2.24. The maximum absolute atomic E-state index is 12.4. The van der Waals surface area contributed by atoms with Gasteiger partial charge >= 0.3 is 5.97 Å². The number of benzene rings is 1. The Labute approximate surface area is 119 Å². The third-order valence-electron chi connectivity index (χ3n) is 2.92. The van der Waals surface area contributed by atoms with Gasteiger partial charge in [-0.2, -0.15) is 4.31 Å². The molecule has 0 saturated heterocycles. The van der Waals surface area contributed by atoms with Crippen LogP contribution < -0.4 is 5.73 Å². The molecule has 0 fully saturated rings. The molecule has 0 heterocycles. The van der Waals surface area contributed by atoms with Crippen molar-refractivity contribution >= 4 is 16.0 Å². The smallest absolute Gasteiger partial charge is 0.325 e. The van der Waals surface area contributed by atoms with Crippen molar-refractivity contribution in [3.05, 3.63) is 35.9 Å². The average molecular weight is 300 g/mol. The van der Waals surface area contributed by atoms with Crippen molar-refractivity contribution in [1.29, 1.82) is 0 Å². The molecule has 7 heteroatoms. The van der Waals surface area contributed by atoms with Crippen LogP contribution in [0.15, 0.2) is 30.3 Å². The summed E-state index contributed by atoms with van der Waals surface area (Å²) >= 11 is 0. The van der Waals surface area contributed by atoms with Crippen LogP contribution in [0.2, 0.25) is 0 Å². The van der Waals surface area contributed by atoms with Crippen LogP contribution in [0.5, 0.6) is 0 Å². The fraction of sp³-hybridized carbons (Fsp3) is 0.462. The van der Waals surface area contributed by atoms with Gasteiger partial charge in [-0.1, -0.05) is 30.3 Å². The highest BCUT2D eigenvalue weighted by Crippen LogP contribution is 2.14. The maximum atomic E-state index is 12.4. The fourth-order valence-corrected chi connectivity index (χ4v) is 3.21. The van der Waals surface area contributed by atoms with Crippen molar-refractivity contribution in [2.24, 2.45) is 5.73 Å². The van der Waals surface area contributed by atoms with Gasteiger partial charge in [-0.05, 0) is 12.5 Å². The number of nitrogens with zero attached hydrogens (tertiary/aromatic N) is 1. The lowest BCUT2D eigenvalue weighted by Crippen LogP contribution is -2.43. The summed E-state index contributed by atoms with van der Waals surface area (Å²) in [6.45, 7) is 1.83. The number of esters is 1. The number of hydrogen-bond acceptors (Lipinski definition) is 5. The van der Waals surface area contributed by atoms with E-state index in [0.29, 0.717) is 0 Å². The van der Waals surface area contributed by atoms with Crippen molar-refractivity contribution in [3.63, 3.8) is 0 Å². The Hall–Kier alpha value is -1.44. The predicted molar refractivity (Wildman–Crippen MR) is 76.3 cm³/mol. The summed E-state index contributed by atoms with van der Waals surface area (Å²) in [6, 6.07) is 9.14. The molecule has 0 amide bonds. The minimum atomic E-state index is -3.79. The highest BCUT2D eigenvalue weighted by atomic mass is 32.2. The van der Waals surface area contributed by atoms with Gasteiger partial charge in [0.25, 0.3) is 0 Å². The Balaban J connectivity index is 2.98. The number of hydrogen-bond donors (Lipinski definition) is 1. The molecule has 1 aromatic rings. The first-order valence-electron chi connectivity index (χ1n) is 6.24. The van der Waals surface area contributed by atoms with Gasteiger partial charge in [0.2, 0.25) is 10.0 Å². The third-order valence-corrected chi connectivity index (χ3v) is 5.04. The summed E-state index contributed by atoms with van der Waals surface area (Å²) < 4.78 is 30.5. The van der Waals surface area contributed by atoms with E-state index in [1.165, 1.54) is 18.3 Å². The van der Waals surface area contributed by atoms with Gasteiger partial charge in [-0.25, -0.2) is 8.42 Å². The molecule has 1 aromatic carbocycles. The lowest BCUT2D eigenvalue weighted by atomic mass is 10.2. The number of nitrogens with two attached hydrogens (primary N) is 1. The van der Waals surface area contributed by atoms with Gasteiger partial charge in [0.15, 0.2) is 5.25 Å². The third kappa shape index (κ3) is 4.03. The van der Waals surface area contributed by atoms with E-state index in [-0.39, 0.29) is 19.6 Å². The van der Waals surface area contributed by atoms with Gasteiger partial charge in [0.05, 0.1) is 7.11 Å². The fourth-order valence-electron chi connectivity index (χ4n) is 1.74. The minimum absolute atomic E-state index is 0.151. The molecule has 0 aliphatic rings. The topological polar surface area (TPSA) is 89.7 Å². The second kappa shape index (κ2) is 7.37. The van der Waals surface area contributed by atoms with E-state index in [2.05, 4.69) is 4.74 Å². The van der Waals surface area contributed by atoms with Crippen LogP contribution >= 0.6 is 0 Å². The number of methoxy groups -OCH3 is 1. The van der Waals surface area contributed by atoms with Crippen molar-refractivity contribution < 1.29 is 17.9 Å². The van der Waals surface area contributed by atoms with E-state index >= 15 is 0 Å². The summed E-state index contributed by atoms with van der Waals surface area (Å²) in [5.41, 5.74) is 6.30. The van der Waals surface area contributed by atoms with Crippen molar-refractivity contribution in [3.8, 4) is 0 Å². The number of sulfonamides is 1. The second-order valence-corrected chi connectivity index (χ2v) is 6.57. The first-order valence-corrected chi connectivity index (χ1v) is 7.74. The van der Waals surface area contributed by atoms with E-state index in [1.54, 1.807) is 0 Å². The SMILES string of the molecule is COC(=O)C(C)S(=O)(=O)N(CCN)Cc1ccccc1. The molecule has 0 bridgehead atoms. The average Bonchev–Trinajstić information content (AvgIpc) is 2.46. The molecule has 112 valence electrons. The summed E-state index contributed by atoms with van der Waals surface area (Å²) in [7, 11) is -2.63. The molecule has 0 radical (unpaired) electrons. The molecule has 6 nitrogen and oxygen atoms in total. The summed E-state index contributed by atoms with van der Waals surface area (Å²) in [6.07, 6.45) is 0. The number of rotatable bonds is 7. The number of carbonyl (C=O) groups excluding carboxylic acids is 1. The van der Waals surface area contributed by atoms with Crippen molar-refractivity contribution in [2.45, 2.75) is 18.7 Å². The maximum Gasteiger partial charge on any atom is 0.325 e. The Kier molecular flexibility index (Phi) is 6.12. The molecular weight excluding hydrogens is 280 g/mol. The van der Waals surface area contributed by atoms with Crippen molar-refractivity contribution in [1.82, 2.24) is 4.31 Å². The van der Waals surface area contributed by atoms with Crippen LogP contribution in [0.25, 0.3) is 0 Å². The molecule has 2 N–H and O–H groups in total. The van der Waals surface area contributed by atoms with Crippen LogP contribution in [-0.2, 0) is 26.1 Å². The van der Waals surface area contributed by atoms with Crippen LogP contribution in [0.1, 0.15) is 12.5 Å². The standard InChI is InChI=1S/C13H20N2O4S/c1-11(13(16)19-2)20(17,18)15(9-8-14)10-12-6-4-3-5-7-12/h3-7,11H,8-10,14H2,1-2H3. The Morgan fingerprint density at radius 1 is 1.35 bits per heavy atom. The van der Waals surface area contributed by atoms with Gasteiger partial charge in [0, 0.05) is 19.6 Å². The Bertz CT molecular complexity index is 531. The molecule has 0 spiro atoms. The molecule has 0 aliphatic carbocycles. The molecule has 1 atom stereocenters. The first kappa shape index (κ1) is 16.6. The number of carbonyl (C=O) groups is 1. The van der Waals surface area contributed by atoms with E-state index in [0.717, 1.165) is 5.56 Å². The number of ether oxygens (including phenoxy) is 1. The summed E-state index contributed by atoms with van der Waals surface area (Å²) in [5, 5.41) is -1.25. The van der Waals surface area contributed by atoms with Crippen LogP contribution in [-0.4, -0.2) is 44.1 Å². The largest absolute Gasteiger partial charge is 0.468 e. The van der Waals surface area contributed by atoms with Crippen LogP contribution in [0.3, 0.4) is 0 Å². The quantitative estimate of drug-likeness (QED) is 0.733. The Morgan fingerprint density at radius 3 is 2.45 bits per heavy atom. The molecule has 0 aliphatic heterocycles. The van der Waals surface area contributed by atoms with Crippen LogP contribution in [0.4, 0.5) is 0 Å². The molecule has 0 saturated carbocycles. The normalized spacial score (nSPS) is 13.2. The molecule has 0 aromatic heterocycles. The van der Waals surface area contributed by atoms with Gasteiger partial charge < -0.3 is 10.5 Å². The summed E-state index contributed by atoms with van der Waals surface area (Å²) in [5.74, 6) is -0.778. The van der Waals surface area contributed by atoms with E-state index in [9.17, 15) is 13.2 Å². The predicted octanol–water partition coefficient (Wildman–Crippen LogP) is 0.339. The highest BCUT2D eigenvalue weighted by molar-refractivity contribution is 7.90. The zero-order valence-corrected chi connectivity index (χ0v) is 12.5. The molecular formula is C13H20N2O4S. The zero-order chi connectivity index (χ0) is 15.2.